The normalized spacial score (nSPS) is 10.8. The van der Waals surface area contributed by atoms with E-state index >= 15 is 0 Å². The minimum Gasteiger partial charge on any atom is -0.494 e. The maximum Gasteiger partial charge on any atom is 0.119 e. The zero-order valence-corrected chi connectivity index (χ0v) is 15.2. The molecule has 1 aromatic rings. The molecule has 0 fully saturated rings. The van der Waals surface area contributed by atoms with E-state index in [1.54, 1.807) is 0 Å². The Morgan fingerprint density at radius 3 is 1.95 bits per heavy atom. The number of rotatable bonds is 15. The predicted octanol–water partition coefficient (Wildman–Crippen LogP) is 6.72. The van der Waals surface area contributed by atoms with Crippen LogP contribution in [0.25, 0.3) is 0 Å². The number of para-hydroxylation sites is 1. The Labute approximate surface area is 142 Å². The van der Waals surface area contributed by atoms with Crippen LogP contribution in [-0.2, 0) is 0 Å². The Kier molecular flexibility index (Phi) is 13.5. The van der Waals surface area contributed by atoms with Crippen LogP contribution in [0.3, 0.4) is 0 Å². The molecule has 0 aliphatic carbocycles. The van der Waals surface area contributed by atoms with Crippen LogP contribution in [0.1, 0.15) is 71.1 Å². The standard InChI is InChI=1S/C20H34OS/c1-2-18-22-19-14-9-7-5-3-4-6-8-13-17-21-20-15-11-10-12-16-20/h10-12,15-16H,2-9,13-14,17-19H2,1H3. The second kappa shape index (κ2) is 15.3. The molecule has 0 saturated heterocycles. The summed E-state index contributed by atoms with van der Waals surface area (Å²) in [5, 5.41) is 0. The van der Waals surface area contributed by atoms with Gasteiger partial charge in [-0.3, -0.25) is 0 Å². The lowest BCUT2D eigenvalue weighted by Gasteiger charge is -2.06. The monoisotopic (exact) mass is 322 g/mol. The number of hydrogen-bond acceptors (Lipinski definition) is 2. The van der Waals surface area contributed by atoms with Crippen LogP contribution < -0.4 is 4.74 Å². The lowest BCUT2D eigenvalue weighted by Crippen LogP contribution is -1.96. The molecule has 0 saturated carbocycles. The first-order chi connectivity index (χ1) is 10.9. The van der Waals surface area contributed by atoms with Gasteiger partial charge < -0.3 is 4.74 Å². The Morgan fingerprint density at radius 2 is 1.32 bits per heavy atom. The van der Waals surface area contributed by atoms with Crippen molar-refractivity contribution in [1.29, 1.82) is 0 Å². The molecule has 0 heterocycles. The summed E-state index contributed by atoms with van der Waals surface area (Å²) in [5.41, 5.74) is 0. The molecular formula is C20H34OS. The van der Waals surface area contributed by atoms with Crippen LogP contribution >= 0.6 is 11.8 Å². The van der Waals surface area contributed by atoms with Gasteiger partial charge in [0.1, 0.15) is 5.75 Å². The summed E-state index contributed by atoms with van der Waals surface area (Å²) >= 11 is 2.12. The van der Waals surface area contributed by atoms with E-state index in [0.29, 0.717) is 0 Å². The van der Waals surface area contributed by atoms with Gasteiger partial charge in [-0.1, -0.05) is 70.1 Å². The lowest BCUT2D eigenvalue weighted by atomic mass is 10.1. The third-order valence-corrected chi connectivity index (χ3v) is 5.07. The van der Waals surface area contributed by atoms with Crippen molar-refractivity contribution in [2.75, 3.05) is 18.1 Å². The fourth-order valence-electron chi connectivity index (χ4n) is 2.50. The molecule has 0 bridgehead atoms. The third-order valence-electron chi connectivity index (χ3n) is 3.79. The Hall–Kier alpha value is -0.630. The molecule has 1 aromatic carbocycles. The van der Waals surface area contributed by atoms with Crippen molar-refractivity contribution in [3.05, 3.63) is 30.3 Å². The molecule has 1 nitrogen and oxygen atoms in total. The van der Waals surface area contributed by atoms with Gasteiger partial charge in [-0.2, -0.15) is 11.8 Å². The van der Waals surface area contributed by atoms with Gasteiger partial charge in [0.15, 0.2) is 0 Å². The predicted molar refractivity (Wildman–Crippen MR) is 101 cm³/mol. The van der Waals surface area contributed by atoms with Gasteiger partial charge in [-0.05, 0) is 42.9 Å². The quantitative estimate of drug-likeness (QED) is 0.331. The smallest absolute Gasteiger partial charge is 0.119 e. The molecule has 0 radical (unpaired) electrons. The van der Waals surface area contributed by atoms with Gasteiger partial charge in [-0.25, -0.2) is 0 Å². The molecule has 0 aliphatic heterocycles. The first-order valence-electron chi connectivity index (χ1n) is 9.19. The average Bonchev–Trinajstić information content (AvgIpc) is 2.56. The van der Waals surface area contributed by atoms with E-state index in [9.17, 15) is 0 Å². The number of ether oxygens (including phenoxy) is 1. The average molecular weight is 323 g/mol. The van der Waals surface area contributed by atoms with E-state index in [2.05, 4.69) is 18.7 Å². The second-order valence-electron chi connectivity index (χ2n) is 5.96. The molecule has 0 aliphatic rings. The minimum absolute atomic E-state index is 0.861. The van der Waals surface area contributed by atoms with Gasteiger partial charge in [0, 0.05) is 0 Å². The summed E-state index contributed by atoms with van der Waals surface area (Å²) in [7, 11) is 0. The highest BCUT2D eigenvalue weighted by Gasteiger charge is 1.95. The molecule has 2 heteroatoms. The highest BCUT2D eigenvalue weighted by molar-refractivity contribution is 7.99. The minimum atomic E-state index is 0.861. The van der Waals surface area contributed by atoms with Gasteiger partial charge in [0.05, 0.1) is 6.61 Å². The molecule has 126 valence electrons. The summed E-state index contributed by atoms with van der Waals surface area (Å²) < 4.78 is 5.70. The zero-order chi connectivity index (χ0) is 15.7. The first-order valence-corrected chi connectivity index (χ1v) is 10.3. The topological polar surface area (TPSA) is 9.23 Å². The third kappa shape index (κ3) is 12.0. The van der Waals surface area contributed by atoms with E-state index in [1.807, 2.05) is 30.3 Å². The Bertz CT molecular complexity index is 326. The van der Waals surface area contributed by atoms with Crippen molar-refractivity contribution in [3.63, 3.8) is 0 Å². The Balaban J connectivity index is 1.73. The number of hydrogen-bond donors (Lipinski definition) is 0. The van der Waals surface area contributed by atoms with E-state index in [-0.39, 0.29) is 0 Å². The van der Waals surface area contributed by atoms with Crippen LogP contribution in [0.5, 0.6) is 5.75 Å². The maximum atomic E-state index is 5.70. The highest BCUT2D eigenvalue weighted by atomic mass is 32.2. The molecule has 0 amide bonds. The molecular weight excluding hydrogens is 288 g/mol. The van der Waals surface area contributed by atoms with Gasteiger partial charge >= 0.3 is 0 Å². The second-order valence-corrected chi connectivity index (χ2v) is 7.18. The van der Waals surface area contributed by atoms with Crippen LogP contribution in [0.15, 0.2) is 30.3 Å². The van der Waals surface area contributed by atoms with E-state index in [0.717, 1.165) is 12.4 Å². The van der Waals surface area contributed by atoms with Crippen LogP contribution in [-0.4, -0.2) is 18.1 Å². The van der Waals surface area contributed by atoms with E-state index in [4.69, 9.17) is 4.74 Å². The summed E-state index contributed by atoms with van der Waals surface area (Å²) in [4.78, 5) is 0. The van der Waals surface area contributed by atoms with E-state index < -0.39 is 0 Å². The van der Waals surface area contributed by atoms with E-state index in [1.165, 1.54) is 75.7 Å². The van der Waals surface area contributed by atoms with Gasteiger partial charge in [0.2, 0.25) is 0 Å². The molecule has 22 heavy (non-hydrogen) atoms. The molecule has 0 spiro atoms. The molecule has 0 atom stereocenters. The van der Waals surface area contributed by atoms with Crippen molar-refractivity contribution >= 4 is 11.8 Å². The van der Waals surface area contributed by atoms with Crippen molar-refractivity contribution in [3.8, 4) is 5.75 Å². The van der Waals surface area contributed by atoms with Crippen LogP contribution in [0.4, 0.5) is 0 Å². The van der Waals surface area contributed by atoms with Crippen molar-refractivity contribution in [1.82, 2.24) is 0 Å². The van der Waals surface area contributed by atoms with Gasteiger partial charge in [0.25, 0.3) is 0 Å². The molecule has 0 N–H and O–H groups in total. The largest absolute Gasteiger partial charge is 0.494 e. The molecule has 0 unspecified atom stereocenters. The number of benzene rings is 1. The number of unbranched alkanes of at least 4 members (excludes halogenated alkanes) is 8. The Morgan fingerprint density at radius 1 is 0.727 bits per heavy atom. The van der Waals surface area contributed by atoms with Gasteiger partial charge in [-0.15, -0.1) is 0 Å². The number of thioether (sulfide) groups is 1. The lowest BCUT2D eigenvalue weighted by molar-refractivity contribution is 0.304. The summed E-state index contributed by atoms with van der Waals surface area (Å²) in [6.07, 6.45) is 13.7. The SMILES string of the molecule is CCCSCCCCCCCCCCCOc1ccccc1. The molecule has 1 rings (SSSR count). The van der Waals surface area contributed by atoms with Crippen molar-refractivity contribution < 1.29 is 4.74 Å². The van der Waals surface area contributed by atoms with Crippen LogP contribution in [0, 0.1) is 0 Å². The summed E-state index contributed by atoms with van der Waals surface area (Å²) in [6, 6.07) is 10.1. The van der Waals surface area contributed by atoms with Crippen molar-refractivity contribution in [2.45, 2.75) is 71.1 Å². The highest BCUT2D eigenvalue weighted by Crippen LogP contribution is 2.13. The maximum absolute atomic E-state index is 5.70. The zero-order valence-electron chi connectivity index (χ0n) is 14.4. The molecule has 0 aromatic heterocycles. The first kappa shape index (κ1) is 19.4. The fourth-order valence-corrected chi connectivity index (χ4v) is 3.40. The summed E-state index contributed by atoms with van der Waals surface area (Å²) in [5.74, 6) is 3.71. The van der Waals surface area contributed by atoms with Crippen molar-refractivity contribution in [2.24, 2.45) is 0 Å². The summed E-state index contributed by atoms with van der Waals surface area (Å²) in [6.45, 7) is 3.13. The fraction of sp³-hybridized carbons (Fsp3) is 0.700. The van der Waals surface area contributed by atoms with Crippen LogP contribution in [0.2, 0.25) is 0 Å².